The second-order valence-electron chi connectivity index (χ2n) is 7.11. The molecule has 0 amide bonds. The number of alkyl halides is 8. The van der Waals surface area contributed by atoms with Crippen LogP contribution in [0.5, 0.6) is 0 Å². The largest absolute Gasteiger partial charge is 0.455 e. The predicted molar refractivity (Wildman–Crippen MR) is 98.3 cm³/mol. The van der Waals surface area contributed by atoms with Gasteiger partial charge in [-0.25, -0.2) is 9.97 Å². The van der Waals surface area contributed by atoms with E-state index in [1.807, 2.05) is 0 Å². The van der Waals surface area contributed by atoms with Gasteiger partial charge in [0.05, 0.1) is 18.0 Å². The molecule has 8 nitrogen and oxygen atoms in total. The fourth-order valence-electron chi connectivity index (χ4n) is 3.23. The minimum absolute atomic E-state index is 0.0671. The monoisotopic (exact) mass is 493 g/mol. The van der Waals surface area contributed by atoms with Crippen LogP contribution in [0.4, 0.5) is 35.1 Å². The van der Waals surface area contributed by atoms with Crippen molar-refractivity contribution >= 4 is 5.78 Å². The maximum atomic E-state index is 13.9. The molecule has 34 heavy (non-hydrogen) atoms. The third-order valence-electron chi connectivity index (χ3n) is 4.71. The highest BCUT2D eigenvalue weighted by Crippen LogP contribution is 2.38. The first-order valence-corrected chi connectivity index (χ1v) is 9.16. The van der Waals surface area contributed by atoms with Crippen LogP contribution in [-0.4, -0.2) is 45.8 Å². The lowest BCUT2D eigenvalue weighted by Crippen LogP contribution is -2.40. The molecule has 0 aliphatic carbocycles. The highest BCUT2D eigenvalue weighted by atomic mass is 19.4. The van der Waals surface area contributed by atoms with Gasteiger partial charge in [0.1, 0.15) is 6.54 Å². The molecule has 16 heteroatoms. The number of aryl methyl sites for hydroxylation is 1. The lowest BCUT2D eigenvalue weighted by atomic mass is 10.1. The molecule has 0 N–H and O–H groups in total. The molecular weight excluding hydrogens is 482 g/mol. The Balaban J connectivity index is 1.92. The van der Waals surface area contributed by atoms with Crippen molar-refractivity contribution < 1.29 is 35.1 Å². The van der Waals surface area contributed by atoms with Gasteiger partial charge in [0.25, 0.3) is 5.56 Å². The number of aromatic nitrogens is 7. The van der Waals surface area contributed by atoms with Crippen LogP contribution in [-0.2, 0) is 12.7 Å². The van der Waals surface area contributed by atoms with E-state index in [-0.39, 0.29) is 16.2 Å². The number of halogens is 8. The van der Waals surface area contributed by atoms with Crippen molar-refractivity contribution in [2.45, 2.75) is 31.7 Å². The standard InChI is InChI=1S/C18H11F8N7O/c1-9-6-32-14(34)12(10-4-29-31(7-10)8-16(19,20)18(24,25)26)13(17(21,22)23)30-15(32)33(9)11-5-27-2-3-28-11/h2-7H,8H2,1H3. The van der Waals surface area contributed by atoms with Crippen molar-refractivity contribution in [2.75, 3.05) is 0 Å². The Labute approximate surface area is 183 Å². The van der Waals surface area contributed by atoms with E-state index in [9.17, 15) is 39.9 Å². The maximum absolute atomic E-state index is 13.9. The number of fused-ring (bicyclic) bond motifs is 1. The molecule has 0 radical (unpaired) electrons. The van der Waals surface area contributed by atoms with Crippen LogP contribution >= 0.6 is 0 Å². The first-order chi connectivity index (χ1) is 15.7. The van der Waals surface area contributed by atoms with Crippen molar-refractivity contribution in [3.63, 3.8) is 0 Å². The quantitative estimate of drug-likeness (QED) is 0.406. The number of imidazole rings is 1. The maximum Gasteiger partial charge on any atom is 0.455 e. The zero-order valence-corrected chi connectivity index (χ0v) is 16.7. The molecule has 0 aliphatic rings. The van der Waals surface area contributed by atoms with Crippen LogP contribution in [0.2, 0.25) is 0 Å². The van der Waals surface area contributed by atoms with Crippen LogP contribution in [0.15, 0.2) is 42.0 Å². The summed E-state index contributed by atoms with van der Waals surface area (Å²) in [6, 6.07) is 0. The predicted octanol–water partition coefficient (Wildman–Crippen LogP) is 3.66. The van der Waals surface area contributed by atoms with Gasteiger partial charge < -0.3 is 0 Å². The second kappa shape index (κ2) is 7.59. The van der Waals surface area contributed by atoms with E-state index in [2.05, 4.69) is 20.1 Å². The molecule has 4 heterocycles. The van der Waals surface area contributed by atoms with Gasteiger partial charge in [0.2, 0.25) is 5.78 Å². The summed E-state index contributed by atoms with van der Waals surface area (Å²) >= 11 is 0. The van der Waals surface area contributed by atoms with E-state index in [1.165, 1.54) is 31.7 Å². The molecule has 0 spiro atoms. The number of hydrogen-bond donors (Lipinski definition) is 0. The van der Waals surface area contributed by atoms with Crippen molar-refractivity contribution in [3.05, 3.63) is 58.9 Å². The van der Waals surface area contributed by atoms with Gasteiger partial charge in [-0.15, -0.1) is 0 Å². The van der Waals surface area contributed by atoms with Crippen LogP contribution in [0, 0.1) is 6.92 Å². The molecule has 0 unspecified atom stereocenters. The summed E-state index contributed by atoms with van der Waals surface area (Å²) in [6.45, 7) is -0.524. The Kier molecular flexibility index (Phi) is 5.21. The summed E-state index contributed by atoms with van der Waals surface area (Å²) in [4.78, 5) is 24.4. The van der Waals surface area contributed by atoms with Gasteiger partial charge in [0.15, 0.2) is 11.5 Å². The highest BCUT2D eigenvalue weighted by Gasteiger charge is 2.57. The molecule has 0 aromatic carbocycles. The minimum atomic E-state index is -5.91. The Morgan fingerprint density at radius 3 is 2.26 bits per heavy atom. The summed E-state index contributed by atoms with van der Waals surface area (Å²) in [7, 11) is 0. The summed E-state index contributed by atoms with van der Waals surface area (Å²) in [5.41, 5.74) is -4.37. The smallest absolute Gasteiger partial charge is 0.268 e. The van der Waals surface area contributed by atoms with E-state index in [1.54, 1.807) is 0 Å². The van der Waals surface area contributed by atoms with Gasteiger partial charge in [-0.2, -0.15) is 40.2 Å². The Bertz CT molecular complexity index is 1420. The fraction of sp³-hybridized carbons (Fsp3) is 0.278. The Hall–Kier alpha value is -3.85. The van der Waals surface area contributed by atoms with Crippen molar-refractivity contribution in [2.24, 2.45) is 0 Å². The van der Waals surface area contributed by atoms with Crippen LogP contribution < -0.4 is 5.56 Å². The molecule has 4 rings (SSSR count). The molecule has 0 aliphatic heterocycles. The number of hydrogen-bond acceptors (Lipinski definition) is 5. The van der Waals surface area contributed by atoms with Crippen molar-refractivity contribution in [3.8, 4) is 16.9 Å². The third-order valence-corrected chi connectivity index (χ3v) is 4.71. The second-order valence-corrected chi connectivity index (χ2v) is 7.11. The lowest BCUT2D eigenvalue weighted by molar-refractivity contribution is -0.287. The van der Waals surface area contributed by atoms with E-state index in [4.69, 9.17) is 0 Å². The van der Waals surface area contributed by atoms with Gasteiger partial charge in [-0.3, -0.25) is 23.4 Å². The first-order valence-electron chi connectivity index (χ1n) is 9.16. The summed E-state index contributed by atoms with van der Waals surface area (Å²) in [5.74, 6) is -5.60. The molecular formula is C18H11F8N7O. The highest BCUT2D eigenvalue weighted by molar-refractivity contribution is 5.66. The molecule has 180 valence electrons. The average molecular weight is 493 g/mol. The Morgan fingerprint density at radius 1 is 0.971 bits per heavy atom. The molecule has 0 fully saturated rings. The fourth-order valence-corrected chi connectivity index (χ4v) is 3.23. The lowest BCUT2D eigenvalue weighted by Gasteiger charge is -2.19. The zero-order chi connectivity index (χ0) is 25.1. The minimum Gasteiger partial charge on any atom is -0.268 e. The Morgan fingerprint density at radius 2 is 1.68 bits per heavy atom. The van der Waals surface area contributed by atoms with E-state index < -0.39 is 53.0 Å². The van der Waals surface area contributed by atoms with Gasteiger partial charge in [-0.05, 0) is 6.92 Å². The molecule has 0 bridgehead atoms. The normalized spacial score (nSPS) is 13.1. The SMILES string of the molecule is Cc1cn2c(=O)c(-c3cnn(CC(F)(F)C(F)(F)F)c3)c(C(F)(F)F)nc2n1-c1cnccn1. The first kappa shape index (κ1) is 23.3. The average Bonchev–Trinajstić information content (AvgIpc) is 3.30. The molecule has 0 saturated heterocycles. The topological polar surface area (TPSA) is 82.9 Å². The van der Waals surface area contributed by atoms with Crippen LogP contribution in [0.25, 0.3) is 22.7 Å². The van der Waals surface area contributed by atoms with Crippen molar-refractivity contribution in [1.29, 1.82) is 0 Å². The van der Waals surface area contributed by atoms with Crippen molar-refractivity contribution in [1.82, 2.24) is 33.7 Å². The summed E-state index contributed by atoms with van der Waals surface area (Å²) in [5, 5.41) is 3.28. The summed E-state index contributed by atoms with van der Waals surface area (Å²) < 4.78 is 108. The van der Waals surface area contributed by atoms with Gasteiger partial charge in [0, 0.05) is 36.0 Å². The molecule has 4 aromatic heterocycles. The zero-order valence-electron chi connectivity index (χ0n) is 16.7. The summed E-state index contributed by atoms with van der Waals surface area (Å²) in [6.07, 6.45) is -5.03. The molecule has 0 saturated carbocycles. The van der Waals surface area contributed by atoms with Gasteiger partial charge in [-0.1, -0.05) is 0 Å². The third kappa shape index (κ3) is 3.88. The van der Waals surface area contributed by atoms with Crippen LogP contribution in [0.1, 0.15) is 11.4 Å². The van der Waals surface area contributed by atoms with E-state index in [0.29, 0.717) is 12.4 Å². The van der Waals surface area contributed by atoms with Crippen LogP contribution in [0.3, 0.4) is 0 Å². The number of nitrogens with zero attached hydrogens (tertiary/aromatic N) is 7. The van der Waals surface area contributed by atoms with E-state index >= 15 is 0 Å². The van der Waals surface area contributed by atoms with E-state index in [0.717, 1.165) is 8.97 Å². The molecule has 0 atom stereocenters. The van der Waals surface area contributed by atoms with Gasteiger partial charge >= 0.3 is 18.3 Å². The molecule has 4 aromatic rings. The number of rotatable bonds is 4.